The number of nitro groups is 1. The number of carbonyl (C=O) groups excluding carboxylic acids is 1. The van der Waals surface area contributed by atoms with Crippen molar-refractivity contribution in [2.24, 2.45) is 5.92 Å². The van der Waals surface area contributed by atoms with Crippen LogP contribution in [0.1, 0.15) is 35.2 Å². The number of benzene rings is 2. The van der Waals surface area contributed by atoms with Gasteiger partial charge < -0.3 is 0 Å². The summed E-state index contributed by atoms with van der Waals surface area (Å²) in [6.45, 7) is 3.38. The molecule has 3 aromatic rings. The van der Waals surface area contributed by atoms with Crippen LogP contribution in [0.4, 0.5) is 11.5 Å². The van der Waals surface area contributed by atoms with E-state index in [1.807, 2.05) is 42.5 Å². The molecule has 1 saturated carbocycles. The molecule has 0 radical (unpaired) electrons. The van der Waals surface area contributed by atoms with E-state index in [9.17, 15) is 20.2 Å². The zero-order valence-electron chi connectivity index (χ0n) is 18.2. The van der Waals surface area contributed by atoms with E-state index in [1.165, 1.54) is 4.90 Å². The smallest absolute Gasteiger partial charge is 0.286 e. The van der Waals surface area contributed by atoms with Crippen LogP contribution in [0.5, 0.6) is 0 Å². The van der Waals surface area contributed by atoms with Crippen molar-refractivity contribution in [3.63, 3.8) is 0 Å². The van der Waals surface area contributed by atoms with Crippen LogP contribution in [-0.4, -0.2) is 15.8 Å². The minimum Gasteiger partial charge on any atom is -0.286 e. The van der Waals surface area contributed by atoms with Crippen molar-refractivity contribution in [3.05, 3.63) is 86.1 Å². The quantitative estimate of drug-likeness (QED) is 0.344. The number of amides is 1. The molecule has 0 spiro atoms. The number of hydrogen-bond acceptors (Lipinski definition) is 5. The van der Waals surface area contributed by atoms with E-state index < -0.39 is 4.92 Å². The normalized spacial score (nSPS) is 12.8. The maximum Gasteiger partial charge on any atom is 0.316 e. The average molecular weight is 461 g/mol. The number of nitriles is 1. The molecule has 2 aromatic carbocycles. The Morgan fingerprint density at radius 3 is 2.48 bits per heavy atom. The first-order valence-corrected chi connectivity index (χ1v) is 10.9. The van der Waals surface area contributed by atoms with Crippen molar-refractivity contribution in [1.82, 2.24) is 4.98 Å². The molecule has 33 heavy (non-hydrogen) atoms. The SMILES string of the molecule is Cc1nc(N(Cc2ccc(-c3ccccc3C#N)cc2)C(=O)C2CC2)c([N+](=O)[O-])c(C)c1Cl. The summed E-state index contributed by atoms with van der Waals surface area (Å²) >= 11 is 6.23. The summed E-state index contributed by atoms with van der Waals surface area (Å²) in [6, 6.07) is 17.0. The Labute approximate surface area is 196 Å². The van der Waals surface area contributed by atoms with Crippen molar-refractivity contribution in [2.75, 3.05) is 4.90 Å². The lowest BCUT2D eigenvalue weighted by molar-refractivity contribution is -0.384. The van der Waals surface area contributed by atoms with E-state index in [-0.39, 0.29) is 34.9 Å². The van der Waals surface area contributed by atoms with E-state index in [2.05, 4.69) is 11.1 Å². The molecule has 0 unspecified atom stereocenters. The first-order chi connectivity index (χ1) is 15.8. The summed E-state index contributed by atoms with van der Waals surface area (Å²) in [5, 5.41) is 21.5. The van der Waals surface area contributed by atoms with E-state index in [1.54, 1.807) is 19.9 Å². The van der Waals surface area contributed by atoms with Gasteiger partial charge in [-0.2, -0.15) is 5.26 Å². The van der Waals surface area contributed by atoms with Crippen molar-refractivity contribution in [3.8, 4) is 17.2 Å². The Morgan fingerprint density at radius 1 is 1.21 bits per heavy atom. The van der Waals surface area contributed by atoms with Crippen LogP contribution < -0.4 is 4.90 Å². The molecule has 7 nitrogen and oxygen atoms in total. The Morgan fingerprint density at radius 2 is 1.88 bits per heavy atom. The number of pyridine rings is 1. The topological polar surface area (TPSA) is 100 Å². The number of aryl methyl sites for hydroxylation is 1. The summed E-state index contributed by atoms with van der Waals surface area (Å²) in [5.74, 6) is -0.301. The minimum absolute atomic E-state index is 0.0233. The second-order valence-electron chi connectivity index (χ2n) is 8.12. The molecule has 1 heterocycles. The lowest BCUT2D eigenvalue weighted by Gasteiger charge is -2.23. The van der Waals surface area contributed by atoms with E-state index >= 15 is 0 Å². The van der Waals surface area contributed by atoms with E-state index in [0.717, 1.165) is 29.5 Å². The largest absolute Gasteiger partial charge is 0.316 e. The Balaban J connectivity index is 1.73. The van der Waals surface area contributed by atoms with Gasteiger partial charge >= 0.3 is 5.69 Å². The molecule has 8 heteroatoms. The highest BCUT2D eigenvalue weighted by atomic mass is 35.5. The van der Waals surface area contributed by atoms with E-state index in [4.69, 9.17) is 11.6 Å². The van der Waals surface area contributed by atoms with Crippen LogP contribution in [0.2, 0.25) is 5.02 Å². The molecular weight excluding hydrogens is 440 g/mol. The number of hydrogen-bond donors (Lipinski definition) is 0. The van der Waals surface area contributed by atoms with Crippen molar-refractivity contribution in [1.29, 1.82) is 5.26 Å². The van der Waals surface area contributed by atoms with E-state index in [0.29, 0.717) is 16.8 Å². The maximum absolute atomic E-state index is 13.2. The minimum atomic E-state index is -0.530. The summed E-state index contributed by atoms with van der Waals surface area (Å²) in [6.07, 6.45) is 1.52. The standard InChI is InChI=1S/C25H21ClN4O3/c1-15-22(26)16(2)28-24(23(15)30(32)33)29(25(31)19-11-12-19)14-17-7-9-18(10-8-17)21-6-4-3-5-20(21)13-27/h3-10,19H,11-12,14H2,1-2H3. The Bertz CT molecular complexity index is 1290. The number of anilines is 1. The van der Waals surface area contributed by atoms with Crippen molar-refractivity contribution in [2.45, 2.75) is 33.2 Å². The highest BCUT2D eigenvalue weighted by molar-refractivity contribution is 6.32. The predicted octanol–water partition coefficient (Wildman–Crippen LogP) is 5.74. The molecular formula is C25H21ClN4O3. The van der Waals surface area contributed by atoms with Gasteiger partial charge in [-0.1, -0.05) is 54.1 Å². The van der Waals surface area contributed by atoms with Crippen LogP contribution in [0.3, 0.4) is 0 Å². The molecule has 1 aromatic heterocycles. The Hall–Kier alpha value is -3.76. The molecule has 166 valence electrons. The lowest BCUT2D eigenvalue weighted by Crippen LogP contribution is -2.33. The summed E-state index contributed by atoms with van der Waals surface area (Å²) < 4.78 is 0. The van der Waals surface area contributed by atoms with Gasteiger partial charge in [0.15, 0.2) is 0 Å². The van der Waals surface area contributed by atoms with Crippen LogP contribution >= 0.6 is 11.6 Å². The molecule has 0 N–H and O–H groups in total. The summed E-state index contributed by atoms with van der Waals surface area (Å²) in [7, 11) is 0. The molecule has 1 aliphatic rings. The van der Waals surface area contributed by atoms with Gasteiger partial charge in [0.1, 0.15) is 0 Å². The number of halogens is 1. The highest BCUT2D eigenvalue weighted by Gasteiger charge is 2.38. The zero-order chi connectivity index (χ0) is 23.7. The molecule has 4 rings (SSSR count). The highest BCUT2D eigenvalue weighted by Crippen LogP contribution is 2.39. The number of aromatic nitrogens is 1. The lowest BCUT2D eigenvalue weighted by atomic mass is 9.99. The predicted molar refractivity (Wildman–Crippen MR) is 126 cm³/mol. The van der Waals surface area contributed by atoms with Gasteiger partial charge in [0, 0.05) is 5.92 Å². The fraction of sp³-hybridized carbons (Fsp3) is 0.240. The zero-order valence-corrected chi connectivity index (χ0v) is 19.0. The van der Waals surface area contributed by atoms with Gasteiger partial charge in [0.05, 0.1) is 39.4 Å². The van der Waals surface area contributed by atoms with Crippen molar-refractivity contribution >= 4 is 29.0 Å². The van der Waals surface area contributed by atoms with Gasteiger partial charge in [0.2, 0.25) is 11.7 Å². The van der Waals surface area contributed by atoms with Crippen LogP contribution in [0.15, 0.2) is 48.5 Å². The number of nitrogens with zero attached hydrogens (tertiary/aromatic N) is 4. The van der Waals surface area contributed by atoms with Gasteiger partial charge in [-0.3, -0.25) is 19.8 Å². The number of carbonyl (C=O) groups is 1. The maximum atomic E-state index is 13.2. The number of rotatable bonds is 6. The van der Waals surface area contributed by atoms with Gasteiger partial charge in [0.25, 0.3) is 0 Å². The molecule has 1 aliphatic carbocycles. The third-order valence-corrected chi connectivity index (χ3v) is 6.33. The fourth-order valence-corrected chi connectivity index (χ4v) is 3.95. The second-order valence-corrected chi connectivity index (χ2v) is 8.50. The third-order valence-electron chi connectivity index (χ3n) is 5.77. The van der Waals surface area contributed by atoms with Gasteiger partial charge in [-0.25, -0.2) is 4.98 Å². The molecule has 0 atom stereocenters. The molecule has 0 bridgehead atoms. The van der Waals surface area contributed by atoms with Crippen molar-refractivity contribution < 1.29 is 9.72 Å². The second kappa shape index (κ2) is 9.00. The summed E-state index contributed by atoms with van der Waals surface area (Å²) in [4.78, 5) is 30.3. The van der Waals surface area contributed by atoms with Gasteiger partial charge in [-0.15, -0.1) is 0 Å². The Kier molecular flexibility index (Phi) is 6.12. The van der Waals surface area contributed by atoms with Crippen LogP contribution in [0.25, 0.3) is 11.1 Å². The molecule has 0 saturated heterocycles. The molecule has 1 fully saturated rings. The summed E-state index contributed by atoms with van der Waals surface area (Å²) in [5.41, 5.74) is 3.54. The first-order valence-electron chi connectivity index (χ1n) is 10.5. The third kappa shape index (κ3) is 4.43. The van der Waals surface area contributed by atoms with Gasteiger partial charge in [-0.05, 0) is 49.4 Å². The molecule has 0 aliphatic heterocycles. The fourth-order valence-electron chi connectivity index (χ4n) is 3.82. The molecule has 1 amide bonds. The monoisotopic (exact) mass is 460 g/mol. The first kappa shape index (κ1) is 22.4. The average Bonchev–Trinajstić information content (AvgIpc) is 3.66. The van der Waals surface area contributed by atoms with Crippen LogP contribution in [0, 0.1) is 41.2 Å². The van der Waals surface area contributed by atoms with Crippen LogP contribution in [-0.2, 0) is 11.3 Å².